The summed E-state index contributed by atoms with van der Waals surface area (Å²) in [7, 11) is 3.06. The lowest BCUT2D eigenvalue weighted by Crippen LogP contribution is -2.12. The molecule has 1 heterocycles. The molecule has 0 radical (unpaired) electrons. The Bertz CT molecular complexity index is 873. The molecule has 118 valence electrons. The van der Waals surface area contributed by atoms with E-state index in [0.29, 0.717) is 33.7 Å². The van der Waals surface area contributed by atoms with E-state index >= 15 is 0 Å². The number of benzene rings is 2. The van der Waals surface area contributed by atoms with Crippen molar-refractivity contribution in [1.82, 2.24) is 4.98 Å². The Hall–Kier alpha value is -3.02. The van der Waals surface area contributed by atoms with Crippen LogP contribution in [0.1, 0.15) is 10.4 Å². The van der Waals surface area contributed by atoms with Gasteiger partial charge in [0.1, 0.15) is 17.3 Å². The first-order chi connectivity index (χ1) is 11.1. The smallest absolute Gasteiger partial charge is 0.257 e. The molecule has 0 aliphatic carbocycles. The highest BCUT2D eigenvalue weighted by atomic mass is 19.1. The molecule has 0 spiro atoms. The molecule has 2 aromatic carbocycles. The topological polar surface area (TPSA) is 63.4 Å². The van der Waals surface area contributed by atoms with Crippen molar-refractivity contribution >= 4 is 22.5 Å². The molecule has 0 saturated heterocycles. The van der Waals surface area contributed by atoms with Crippen LogP contribution in [-0.4, -0.2) is 25.1 Å². The van der Waals surface area contributed by atoms with Crippen LogP contribution in [0.5, 0.6) is 11.5 Å². The Balaban J connectivity index is 1.94. The van der Waals surface area contributed by atoms with Gasteiger partial charge in [-0.05, 0) is 30.3 Å². The minimum Gasteiger partial charge on any atom is -0.497 e. The van der Waals surface area contributed by atoms with Gasteiger partial charge in [0.05, 0.1) is 25.5 Å². The number of ether oxygens (including phenoxy) is 2. The lowest BCUT2D eigenvalue weighted by molar-refractivity contribution is 0.102. The Labute approximate surface area is 132 Å². The number of amides is 1. The molecule has 0 saturated carbocycles. The molecule has 2 N–H and O–H groups in total. The van der Waals surface area contributed by atoms with Crippen molar-refractivity contribution < 1.29 is 18.7 Å². The number of carbonyl (C=O) groups excluding carboxylic acids is 1. The Morgan fingerprint density at radius 2 is 1.96 bits per heavy atom. The highest BCUT2D eigenvalue weighted by molar-refractivity contribution is 6.13. The number of methoxy groups -OCH3 is 2. The molecule has 0 aliphatic heterocycles. The summed E-state index contributed by atoms with van der Waals surface area (Å²) in [5.74, 6) is 0.433. The van der Waals surface area contributed by atoms with E-state index in [9.17, 15) is 9.18 Å². The largest absolute Gasteiger partial charge is 0.497 e. The van der Waals surface area contributed by atoms with Crippen LogP contribution in [-0.2, 0) is 0 Å². The van der Waals surface area contributed by atoms with Crippen molar-refractivity contribution in [3.8, 4) is 11.5 Å². The van der Waals surface area contributed by atoms with E-state index in [2.05, 4.69) is 10.3 Å². The minimum absolute atomic E-state index is 0.325. The van der Waals surface area contributed by atoms with Crippen LogP contribution in [0.15, 0.2) is 42.6 Å². The summed E-state index contributed by atoms with van der Waals surface area (Å²) in [6, 6.07) is 9.35. The summed E-state index contributed by atoms with van der Waals surface area (Å²) in [5.41, 5.74) is 1.48. The number of H-pyrrole nitrogens is 1. The Morgan fingerprint density at radius 3 is 2.70 bits per heavy atom. The Kier molecular flexibility index (Phi) is 3.89. The molecule has 0 unspecified atom stereocenters. The van der Waals surface area contributed by atoms with Crippen LogP contribution in [0.2, 0.25) is 0 Å². The number of fused-ring (bicyclic) bond motifs is 1. The molecular formula is C17H15FN2O3. The summed E-state index contributed by atoms with van der Waals surface area (Å²) in [4.78, 5) is 15.4. The van der Waals surface area contributed by atoms with E-state index in [1.54, 1.807) is 37.6 Å². The molecule has 0 aliphatic rings. The van der Waals surface area contributed by atoms with Gasteiger partial charge in [-0.1, -0.05) is 0 Å². The van der Waals surface area contributed by atoms with Gasteiger partial charge in [0.2, 0.25) is 0 Å². The van der Waals surface area contributed by atoms with Gasteiger partial charge in [-0.25, -0.2) is 4.39 Å². The maximum atomic E-state index is 13.2. The average molecular weight is 314 g/mol. The molecular weight excluding hydrogens is 299 g/mol. The summed E-state index contributed by atoms with van der Waals surface area (Å²) >= 11 is 0. The van der Waals surface area contributed by atoms with Crippen LogP contribution in [0.4, 0.5) is 10.1 Å². The van der Waals surface area contributed by atoms with E-state index in [4.69, 9.17) is 9.47 Å². The van der Waals surface area contributed by atoms with Gasteiger partial charge in [-0.3, -0.25) is 4.79 Å². The average Bonchev–Trinajstić information content (AvgIpc) is 2.97. The zero-order chi connectivity index (χ0) is 16.4. The number of hydrogen-bond donors (Lipinski definition) is 2. The van der Waals surface area contributed by atoms with Crippen LogP contribution < -0.4 is 14.8 Å². The standard InChI is InChI=1S/C17H15FN2O3/c1-22-11-4-6-16(23-2)15(8-11)20-17(21)13-9-19-14-7-10(18)3-5-12(13)14/h3-9,19H,1-2H3,(H,20,21). The molecule has 6 heteroatoms. The quantitative estimate of drug-likeness (QED) is 0.774. The van der Waals surface area contributed by atoms with Crippen molar-refractivity contribution in [2.45, 2.75) is 0 Å². The second kappa shape index (κ2) is 6.00. The van der Waals surface area contributed by atoms with Crippen LogP contribution in [0.25, 0.3) is 10.9 Å². The van der Waals surface area contributed by atoms with Crippen LogP contribution >= 0.6 is 0 Å². The summed E-state index contributed by atoms with van der Waals surface area (Å²) < 4.78 is 23.6. The van der Waals surface area contributed by atoms with Crippen molar-refractivity contribution in [1.29, 1.82) is 0 Å². The third-order valence-corrected chi connectivity index (χ3v) is 3.54. The SMILES string of the molecule is COc1ccc(OC)c(NC(=O)c2c[nH]c3cc(F)ccc23)c1. The zero-order valence-corrected chi connectivity index (χ0v) is 12.6. The first kappa shape index (κ1) is 14.9. The Morgan fingerprint density at radius 1 is 1.13 bits per heavy atom. The fraction of sp³-hybridized carbons (Fsp3) is 0.118. The van der Waals surface area contributed by atoms with Crippen LogP contribution in [0, 0.1) is 5.82 Å². The number of halogens is 1. The van der Waals surface area contributed by atoms with Gasteiger partial charge in [0.15, 0.2) is 0 Å². The van der Waals surface area contributed by atoms with Crippen molar-refractivity contribution in [3.63, 3.8) is 0 Å². The van der Waals surface area contributed by atoms with Crippen molar-refractivity contribution in [2.24, 2.45) is 0 Å². The van der Waals surface area contributed by atoms with E-state index < -0.39 is 0 Å². The van der Waals surface area contributed by atoms with Gasteiger partial charge in [-0.15, -0.1) is 0 Å². The monoisotopic (exact) mass is 314 g/mol. The first-order valence-corrected chi connectivity index (χ1v) is 6.92. The number of aromatic amines is 1. The summed E-state index contributed by atoms with van der Waals surface area (Å²) in [6.45, 7) is 0. The third kappa shape index (κ3) is 2.83. The van der Waals surface area contributed by atoms with Crippen molar-refractivity contribution in [3.05, 3.63) is 54.0 Å². The molecule has 3 aromatic rings. The fourth-order valence-corrected chi connectivity index (χ4v) is 2.39. The first-order valence-electron chi connectivity index (χ1n) is 6.92. The highest BCUT2D eigenvalue weighted by Gasteiger charge is 2.15. The number of nitrogens with one attached hydrogen (secondary N) is 2. The maximum absolute atomic E-state index is 13.2. The van der Waals surface area contributed by atoms with Gasteiger partial charge in [-0.2, -0.15) is 0 Å². The van der Waals surface area contributed by atoms with Gasteiger partial charge in [0.25, 0.3) is 5.91 Å². The third-order valence-electron chi connectivity index (χ3n) is 3.54. The number of aromatic nitrogens is 1. The molecule has 0 bridgehead atoms. The molecule has 0 atom stereocenters. The molecule has 1 amide bonds. The van der Waals surface area contributed by atoms with E-state index in [-0.39, 0.29) is 11.7 Å². The minimum atomic E-state index is -0.360. The normalized spacial score (nSPS) is 10.6. The maximum Gasteiger partial charge on any atom is 0.257 e. The predicted molar refractivity (Wildman–Crippen MR) is 85.8 cm³/mol. The molecule has 23 heavy (non-hydrogen) atoms. The van der Waals surface area contributed by atoms with Crippen LogP contribution in [0.3, 0.4) is 0 Å². The van der Waals surface area contributed by atoms with Gasteiger partial charge >= 0.3 is 0 Å². The molecule has 0 fully saturated rings. The molecule has 5 nitrogen and oxygen atoms in total. The lowest BCUT2D eigenvalue weighted by atomic mass is 10.1. The number of rotatable bonds is 4. The van der Waals surface area contributed by atoms with Crippen molar-refractivity contribution in [2.75, 3.05) is 19.5 Å². The zero-order valence-electron chi connectivity index (χ0n) is 12.6. The second-order valence-corrected chi connectivity index (χ2v) is 4.91. The number of carbonyl (C=O) groups is 1. The van der Waals surface area contributed by atoms with E-state index in [1.807, 2.05) is 0 Å². The second-order valence-electron chi connectivity index (χ2n) is 4.91. The number of anilines is 1. The summed E-state index contributed by atoms with van der Waals surface area (Å²) in [6.07, 6.45) is 1.55. The van der Waals surface area contributed by atoms with E-state index in [1.165, 1.54) is 19.2 Å². The fourth-order valence-electron chi connectivity index (χ4n) is 2.39. The number of hydrogen-bond acceptors (Lipinski definition) is 3. The summed E-state index contributed by atoms with van der Waals surface area (Å²) in [5, 5.41) is 3.43. The highest BCUT2D eigenvalue weighted by Crippen LogP contribution is 2.30. The lowest BCUT2D eigenvalue weighted by Gasteiger charge is -2.11. The van der Waals surface area contributed by atoms with Gasteiger partial charge in [0, 0.05) is 23.2 Å². The molecule has 3 rings (SSSR count). The predicted octanol–water partition coefficient (Wildman–Crippen LogP) is 3.58. The van der Waals surface area contributed by atoms with E-state index in [0.717, 1.165) is 0 Å². The molecule has 1 aromatic heterocycles. The van der Waals surface area contributed by atoms with Gasteiger partial charge < -0.3 is 19.8 Å².